The Morgan fingerprint density at radius 1 is 1.19 bits per heavy atom. The first-order valence-corrected chi connectivity index (χ1v) is 10.5. The van der Waals surface area contributed by atoms with Gasteiger partial charge < -0.3 is 15.5 Å². The summed E-state index contributed by atoms with van der Waals surface area (Å²) in [5.74, 6) is -1.56. The van der Waals surface area contributed by atoms with Crippen molar-refractivity contribution >= 4 is 35.0 Å². The number of nitrogens with one attached hydrogen (secondary N) is 2. The maximum absolute atomic E-state index is 14.5. The molecule has 6 nitrogen and oxygen atoms in total. The number of halogens is 2. The van der Waals surface area contributed by atoms with Crippen LogP contribution in [-0.4, -0.2) is 29.7 Å². The minimum Gasteiger partial charge on any atom is -0.350 e. The van der Waals surface area contributed by atoms with E-state index in [1.165, 1.54) is 32.2 Å². The monoisotopic (exact) mass is 445 g/mol. The van der Waals surface area contributed by atoms with E-state index in [-0.39, 0.29) is 29.0 Å². The van der Waals surface area contributed by atoms with Crippen LogP contribution in [0, 0.1) is 11.7 Å². The highest BCUT2D eigenvalue weighted by Crippen LogP contribution is 2.30. The fourth-order valence-corrected chi connectivity index (χ4v) is 3.68. The Morgan fingerprint density at radius 2 is 1.90 bits per heavy atom. The summed E-state index contributed by atoms with van der Waals surface area (Å²) in [6.07, 6.45) is 2.89. The molecule has 0 aliphatic heterocycles. The van der Waals surface area contributed by atoms with E-state index < -0.39 is 23.7 Å². The number of anilines is 1. The molecule has 31 heavy (non-hydrogen) atoms. The van der Waals surface area contributed by atoms with E-state index in [4.69, 9.17) is 11.6 Å². The summed E-state index contributed by atoms with van der Waals surface area (Å²) in [6.45, 7) is 1.43. The van der Waals surface area contributed by atoms with Crippen molar-refractivity contribution in [2.24, 2.45) is 5.92 Å². The Balaban J connectivity index is 1.73. The van der Waals surface area contributed by atoms with Crippen LogP contribution in [0.15, 0.2) is 42.5 Å². The smallest absolute Gasteiger partial charge is 0.247 e. The standard InChI is InChI=1S/C23H25ClFN3O3/c1-14(29)28(2)21(20-18(24)10-5-11-19(20)25)23(31)26-13-15-6-3-9-17(12-15)27-22(30)16-7-4-8-16/h3,5-6,9-12,16,21H,4,7-8,13H2,1-2H3,(H,26,31)(H,27,30). The fraction of sp³-hybridized carbons (Fsp3) is 0.348. The van der Waals surface area contributed by atoms with Gasteiger partial charge in [0.2, 0.25) is 17.7 Å². The third-order valence-electron chi connectivity index (χ3n) is 5.54. The SMILES string of the molecule is CC(=O)N(C)C(C(=O)NCc1cccc(NC(=O)C2CCC2)c1)c1c(F)cccc1Cl. The average molecular weight is 446 g/mol. The lowest BCUT2D eigenvalue weighted by Gasteiger charge is -2.27. The molecule has 8 heteroatoms. The maximum atomic E-state index is 14.5. The number of hydrogen-bond acceptors (Lipinski definition) is 3. The van der Waals surface area contributed by atoms with Crippen LogP contribution in [0.1, 0.15) is 43.4 Å². The van der Waals surface area contributed by atoms with Crippen molar-refractivity contribution in [3.05, 3.63) is 64.4 Å². The topological polar surface area (TPSA) is 78.5 Å². The van der Waals surface area contributed by atoms with Crippen LogP contribution in [0.3, 0.4) is 0 Å². The Morgan fingerprint density at radius 3 is 2.52 bits per heavy atom. The zero-order valence-electron chi connectivity index (χ0n) is 17.5. The largest absolute Gasteiger partial charge is 0.350 e. The minimum atomic E-state index is -1.22. The third kappa shape index (κ3) is 5.41. The van der Waals surface area contributed by atoms with Crippen molar-refractivity contribution in [1.82, 2.24) is 10.2 Å². The minimum absolute atomic E-state index is 0.00442. The number of carbonyl (C=O) groups excluding carboxylic acids is 3. The van der Waals surface area contributed by atoms with Crippen molar-refractivity contribution < 1.29 is 18.8 Å². The molecule has 0 heterocycles. The number of carbonyl (C=O) groups is 3. The molecule has 2 N–H and O–H groups in total. The lowest BCUT2D eigenvalue weighted by Crippen LogP contribution is -2.41. The molecular formula is C23H25ClFN3O3. The van der Waals surface area contributed by atoms with Gasteiger partial charge in [-0.05, 0) is 42.7 Å². The molecule has 1 atom stereocenters. The second-order valence-corrected chi connectivity index (χ2v) is 8.11. The van der Waals surface area contributed by atoms with Gasteiger partial charge in [-0.1, -0.05) is 36.2 Å². The van der Waals surface area contributed by atoms with Crippen molar-refractivity contribution in [2.75, 3.05) is 12.4 Å². The van der Waals surface area contributed by atoms with E-state index in [1.54, 1.807) is 24.3 Å². The van der Waals surface area contributed by atoms with Crippen LogP contribution in [0.2, 0.25) is 5.02 Å². The summed E-state index contributed by atoms with van der Waals surface area (Å²) in [5, 5.41) is 5.70. The van der Waals surface area contributed by atoms with Crippen molar-refractivity contribution in [2.45, 2.75) is 38.8 Å². The van der Waals surface area contributed by atoms with E-state index in [0.29, 0.717) is 5.69 Å². The van der Waals surface area contributed by atoms with Crippen molar-refractivity contribution in [3.63, 3.8) is 0 Å². The highest BCUT2D eigenvalue weighted by atomic mass is 35.5. The molecule has 0 aromatic heterocycles. The predicted octanol–water partition coefficient (Wildman–Crippen LogP) is 4.05. The van der Waals surface area contributed by atoms with Gasteiger partial charge >= 0.3 is 0 Å². The molecular weight excluding hydrogens is 421 g/mol. The summed E-state index contributed by atoms with van der Waals surface area (Å²) >= 11 is 6.15. The van der Waals surface area contributed by atoms with Crippen molar-refractivity contribution in [3.8, 4) is 0 Å². The van der Waals surface area contributed by atoms with E-state index in [0.717, 1.165) is 29.7 Å². The molecule has 1 unspecified atom stereocenters. The second kappa shape index (κ2) is 9.92. The molecule has 1 fully saturated rings. The van der Waals surface area contributed by atoms with Crippen LogP contribution in [-0.2, 0) is 20.9 Å². The predicted molar refractivity (Wildman–Crippen MR) is 117 cm³/mol. The van der Waals surface area contributed by atoms with Gasteiger partial charge in [-0.3, -0.25) is 14.4 Å². The van der Waals surface area contributed by atoms with Gasteiger partial charge in [-0.2, -0.15) is 0 Å². The summed E-state index contributed by atoms with van der Waals surface area (Å²) < 4.78 is 14.5. The molecule has 3 amide bonds. The molecule has 0 bridgehead atoms. The zero-order chi connectivity index (χ0) is 22.5. The highest BCUT2D eigenvalue weighted by Gasteiger charge is 2.31. The lowest BCUT2D eigenvalue weighted by molar-refractivity contribution is -0.137. The maximum Gasteiger partial charge on any atom is 0.247 e. The fourth-order valence-electron chi connectivity index (χ4n) is 3.41. The van der Waals surface area contributed by atoms with Crippen LogP contribution in [0.4, 0.5) is 10.1 Å². The highest BCUT2D eigenvalue weighted by molar-refractivity contribution is 6.31. The van der Waals surface area contributed by atoms with E-state index in [1.807, 2.05) is 0 Å². The molecule has 2 aromatic carbocycles. The molecule has 1 aliphatic carbocycles. The van der Waals surface area contributed by atoms with Crippen LogP contribution in [0.25, 0.3) is 0 Å². The van der Waals surface area contributed by atoms with E-state index >= 15 is 0 Å². The Labute approximate surface area is 185 Å². The first-order valence-electron chi connectivity index (χ1n) is 10.1. The summed E-state index contributed by atoms with van der Waals surface area (Å²) in [7, 11) is 1.42. The van der Waals surface area contributed by atoms with Gasteiger partial charge in [0.15, 0.2) is 0 Å². The normalized spacial score (nSPS) is 14.3. The number of rotatable bonds is 7. The molecule has 0 spiro atoms. The molecule has 0 saturated heterocycles. The quantitative estimate of drug-likeness (QED) is 0.674. The summed E-state index contributed by atoms with van der Waals surface area (Å²) in [6, 6.07) is 10.0. The summed E-state index contributed by atoms with van der Waals surface area (Å²) in [4.78, 5) is 38.2. The van der Waals surface area contributed by atoms with Crippen LogP contribution in [0.5, 0.6) is 0 Å². The molecule has 164 valence electrons. The van der Waals surface area contributed by atoms with Crippen molar-refractivity contribution in [1.29, 1.82) is 0 Å². The summed E-state index contributed by atoms with van der Waals surface area (Å²) in [5.41, 5.74) is 1.35. The van der Waals surface area contributed by atoms with Crippen LogP contribution < -0.4 is 10.6 Å². The van der Waals surface area contributed by atoms with Gasteiger partial charge in [0.05, 0.1) is 0 Å². The molecule has 3 rings (SSSR count). The second-order valence-electron chi connectivity index (χ2n) is 7.70. The van der Waals surface area contributed by atoms with Gasteiger partial charge in [0.1, 0.15) is 11.9 Å². The number of hydrogen-bond donors (Lipinski definition) is 2. The van der Waals surface area contributed by atoms with Gasteiger partial charge in [-0.15, -0.1) is 0 Å². The zero-order valence-corrected chi connectivity index (χ0v) is 18.2. The molecule has 0 radical (unpaired) electrons. The lowest BCUT2D eigenvalue weighted by atomic mass is 9.85. The van der Waals surface area contributed by atoms with Gasteiger partial charge in [0, 0.05) is 42.7 Å². The molecule has 1 saturated carbocycles. The van der Waals surface area contributed by atoms with Crippen LogP contribution >= 0.6 is 11.6 Å². The number of benzene rings is 2. The third-order valence-corrected chi connectivity index (χ3v) is 5.87. The molecule has 2 aromatic rings. The molecule has 1 aliphatic rings. The van der Waals surface area contributed by atoms with E-state index in [9.17, 15) is 18.8 Å². The Hall–Kier alpha value is -2.93. The first-order chi connectivity index (χ1) is 14.8. The number of nitrogens with zero attached hydrogens (tertiary/aromatic N) is 1. The Kier molecular flexibility index (Phi) is 7.28. The number of amides is 3. The van der Waals surface area contributed by atoms with Gasteiger partial charge in [0.25, 0.3) is 0 Å². The first kappa shape index (κ1) is 22.7. The van der Waals surface area contributed by atoms with E-state index in [2.05, 4.69) is 10.6 Å². The van der Waals surface area contributed by atoms with Gasteiger partial charge in [-0.25, -0.2) is 4.39 Å². The Bertz CT molecular complexity index is 974. The number of likely N-dealkylation sites (N-methyl/N-ethyl adjacent to an activating group) is 1. The average Bonchev–Trinajstić information content (AvgIpc) is 2.67.